The van der Waals surface area contributed by atoms with E-state index in [0.29, 0.717) is 17.0 Å². The molecule has 3 aromatic rings. The summed E-state index contributed by atoms with van der Waals surface area (Å²) in [5.41, 5.74) is 1.13. The Balaban J connectivity index is 1.84. The van der Waals surface area contributed by atoms with E-state index in [-0.39, 0.29) is 23.7 Å². The molecule has 2 aromatic heterocycles. The number of carbonyl (C=O) groups is 1. The van der Waals surface area contributed by atoms with Gasteiger partial charge < -0.3 is 5.32 Å². The lowest BCUT2D eigenvalue weighted by atomic mass is 10.0. The monoisotopic (exact) mass is 413 g/mol. The van der Waals surface area contributed by atoms with Gasteiger partial charge in [-0.3, -0.25) is 14.6 Å². The quantitative estimate of drug-likeness (QED) is 0.671. The van der Waals surface area contributed by atoms with Gasteiger partial charge in [-0.15, -0.1) is 0 Å². The summed E-state index contributed by atoms with van der Waals surface area (Å²) >= 11 is 0. The third-order valence-electron chi connectivity index (χ3n) is 4.59. The van der Waals surface area contributed by atoms with E-state index < -0.39 is 23.6 Å². The normalized spacial score (nSPS) is 12.1. The number of hydrogen-bond acceptors (Lipinski definition) is 5. The highest BCUT2D eigenvalue weighted by molar-refractivity contribution is 5.92. The first-order valence-corrected chi connectivity index (χ1v) is 9.37. The van der Waals surface area contributed by atoms with E-state index >= 15 is 0 Å². The molecule has 0 aliphatic heterocycles. The van der Waals surface area contributed by atoms with Crippen molar-refractivity contribution in [2.24, 2.45) is 5.92 Å². The van der Waals surface area contributed by atoms with Gasteiger partial charge in [-0.05, 0) is 37.1 Å². The Morgan fingerprint density at radius 3 is 2.50 bits per heavy atom. The molecule has 0 unspecified atom stereocenters. The van der Waals surface area contributed by atoms with Crippen LogP contribution in [0.25, 0.3) is 11.3 Å². The first-order chi connectivity index (χ1) is 14.2. The largest absolute Gasteiger partial charge is 0.346 e. The number of carbonyl (C=O) groups excluding carboxylic acids is 1. The number of halogens is 2. The number of rotatable bonds is 6. The van der Waals surface area contributed by atoms with Crippen LogP contribution in [-0.4, -0.2) is 31.7 Å². The van der Waals surface area contributed by atoms with Crippen LogP contribution in [0.5, 0.6) is 0 Å². The Hall–Kier alpha value is -3.49. The Kier molecular flexibility index (Phi) is 6.29. The lowest BCUT2D eigenvalue weighted by Gasteiger charge is -2.22. The summed E-state index contributed by atoms with van der Waals surface area (Å²) in [4.78, 5) is 32.9. The van der Waals surface area contributed by atoms with E-state index in [1.165, 1.54) is 35.3 Å². The fraction of sp³-hybridized carbons (Fsp3) is 0.286. The second-order valence-corrected chi connectivity index (χ2v) is 7.23. The molecular weight excluding hydrogens is 392 g/mol. The zero-order chi connectivity index (χ0) is 21.8. The number of aromatic nitrogens is 4. The lowest BCUT2D eigenvalue weighted by molar-refractivity contribution is 0.0913. The van der Waals surface area contributed by atoms with Gasteiger partial charge in [-0.1, -0.05) is 13.8 Å². The molecule has 156 valence electrons. The van der Waals surface area contributed by atoms with Crippen LogP contribution in [0, 0.1) is 24.5 Å². The molecule has 30 heavy (non-hydrogen) atoms. The molecule has 0 fully saturated rings. The molecule has 0 bridgehead atoms. The number of benzene rings is 1. The SMILES string of the molecule is Cc1cnc(C(=O)N[C@@H](Cn2nc(-c3ccc(F)c(F)c3)ccc2=O)C(C)C)cn1. The Labute approximate surface area is 171 Å². The van der Waals surface area contributed by atoms with E-state index in [2.05, 4.69) is 20.4 Å². The minimum absolute atomic E-state index is 0.0204. The van der Waals surface area contributed by atoms with Gasteiger partial charge in [0.1, 0.15) is 5.69 Å². The summed E-state index contributed by atoms with van der Waals surface area (Å²) in [6.07, 6.45) is 2.88. The van der Waals surface area contributed by atoms with Gasteiger partial charge in [-0.2, -0.15) is 5.10 Å². The van der Waals surface area contributed by atoms with Crippen LogP contribution < -0.4 is 10.9 Å². The maximum atomic E-state index is 13.6. The smallest absolute Gasteiger partial charge is 0.271 e. The fourth-order valence-corrected chi connectivity index (χ4v) is 2.75. The first-order valence-electron chi connectivity index (χ1n) is 9.37. The van der Waals surface area contributed by atoms with E-state index in [0.717, 1.165) is 12.1 Å². The van der Waals surface area contributed by atoms with Crippen molar-refractivity contribution in [3.05, 3.63) is 76.1 Å². The van der Waals surface area contributed by atoms with E-state index in [1.54, 1.807) is 6.92 Å². The van der Waals surface area contributed by atoms with Crippen LogP contribution in [0.2, 0.25) is 0 Å². The molecule has 9 heteroatoms. The van der Waals surface area contributed by atoms with Gasteiger partial charge >= 0.3 is 0 Å². The summed E-state index contributed by atoms with van der Waals surface area (Å²) in [6, 6.07) is 5.72. The van der Waals surface area contributed by atoms with Crippen molar-refractivity contribution >= 4 is 5.91 Å². The van der Waals surface area contributed by atoms with Gasteiger partial charge in [0.2, 0.25) is 0 Å². The minimum Gasteiger partial charge on any atom is -0.346 e. The summed E-state index contributed by atoms with van der Waals surface area (Å²) in [7, 11) is 0. The Morgan fingerprint density at radius 1 is 1.10 bits per heavy atom. The highest BCUT2D eigenvalue weighted by Crippen LogP contribution is 2.18. The van der Waals surface area contributed by atoms with Gasteiger partial charge in [0.15, 0.2) is 11.6 Å². The number of amides is 1. The number of hydrogen-bond donors (Lipinski definition) is 1. The highest BCUT2D eigenvalue weighted by Gasteiger charge is 2.20. The Bertz CT molecular complexity index is 1110. The first kappa shape index (κ1) is 21.2. The predicted octanol–water partition coefficient (Wildman–Crippen LogP) is 2.74. The second kappa shape index (κ2) is 8.89. The fourth-order valence-electron chi connectivity index (χ4n) is 2.75. The van der Waals surface area contributed by atoms with E-state index in [9.17, 15) is 18.4 Å². The topological polar surface area (TPSA) is 89.8 Å². The average molecular weight is 413 g/mol. The van der Waals surface area contributed by atoms with Gasteiger partial charge in [0, 0.05) is 17.8 Å². The van der Waals surface area contributed by atoms with Crippen molar-refractivity contribution in [2.45, 2.75) is 33.4 Å². The van der Waals surface area contributed by atoms with Gasteiger partial charge in [0.25, 0.3) is 11.5 Å². The molecule has 0 aliphatic rings. The third kappa shape index (κ3) is 4.91. The van der Waals surface area contributed by atoms with Crippen molar-refractivity contribution in [3.8, 4) is 11.3 Å². The summed E-state index contributed by atoms with van der Waals surface area (Å²) in [6.45, 7) is 5.66. The van der Waals surface area contributed by atoms with Crippen LogP contribution in [0.3, 0.4) is 0 Å². The van der Waals surface area contributed by atoms with Crippen LogP contribution >= 0.6 is 0 Å². The van der Waals surface area contributed by atoms with Crippen molar-refractivity contribution in [1.29, 1.82) is 0 Å². The molecule has 1 aromatic carbocycles. The number of aryl methyl sites for hydroxylation is 1. The highest BCUT2D eigenvalue weighted by atomic mass is 19.2. The molecular formula is C21H21F2N5O2. The maximum absolute atomic E-state index is 13.6. The summed E-state index contributed by atoms with van der Waals surface area (Å²) in [5.74, 6) is -2.40. The molecule has 0 saturated heterocycles. The third-order valence-corrected chi connectivity index (χ3v) is 4.59. The molecule has 3 rings (SSSR count). The van der Waals surface area contributed by atoms with Crippen LogP contribution in [0.15, 0.2) is 47.5 Å². The number of nitrogens with one attached hydrogen (secondary N) is 1. The molecule has 1 amide bonds. The number of nitrogens with zero attached hydrogens (tertiary/aromatic N) is 4. The summed E-state index contributed by atoms with van der Waals surface area (Å²) < 4.78 is 28.0. The molecule has 1 atom stereocenters. The second-order valence-electron chi connectivity index (χ2n) is 7.23. The van der Waals surface area contributed by atoms with Crippen molar-refractivity contribution < 1.29 is 13.6 Å². The van der Waals surface area contributed by atoms with Crippen LogP contribution in [0.4, 0.5) is 8.78 Å². The molecule has 0 spiro atoms. The molecule has 0 saturated carbocycles. The molecule has 0 radical (unpaired) electrons. The van der Waals surface area contributed by atoms with E-state index in [1.807, 2.05) is 13.8 Å². The standard InChI is InChI=1S/C21H21F2N5O2/c1-12(2)19(26-21(30)18-10-24-13(3)9-25-18)11-28-20(29)7-6-17(27-28)14-4-5-15(22)16(23)8-14/h4-10,12,19H,11H2,1-3H3,(H,26,30)/t19-/m0/s1. The molecule has 7 nitrogen and oxygen atoms in total. The zero-order valence-electron chi connectivity index (χ0n) is 16.8. The van der Waals surface area contributed by atoms with Crippen LogP contribution in [-0.2, 0) is 6.54 Å². The zero-order valence-corrected chi connectivity index (χ0v) is 16.8. The van der Waals surface area contributed by atoms with Crippen molar-refractivity contribution in [1.82, 2.24) is 25.1 Å². The summed E-state index contributed by atoms with van der Waals surface area (Å²) in [5, 5.41) is 7.12. The van der Waals surface area contributed by atoms with Gasteiger partial charge in [-0.25, -0.2) is 18.4 Å². The predicted molar refractivity (Wildman–Crippen MR) is 107 cm³/mol. The average Bonchev–Trinajstić information content (AvgIpc) is 2.71. The maximum Gasteiger partial charge on any atom is 0.271 e. The van der Waals surface area contributed by atoms with Crippen LogP contribution in [0.1, 0.15) is 30.0 Å². The molecule has 1 N–H and O–H groups in total. The van der Waals surface area contributed by atoms with Crippen molar-refractivity contribution in [3.63, 3.8) is 0 Å². The van der Waals surface area contributed by atoms with Gasteiger partial charge in [0.05, 0.1) is 30.2 Å². The Morgan fingerprint density at radius 2 is 1.87 bits per heavy atom. The van der Waals surface area contributed by atoms with Crippen molar-refractivity contribution in [2.75, 3.05) is 0 Å². The van der Waals surface area contributed by atoms with E-state index in [4.69, 9.17) is 0 Å². The molecule has 2 heterocycles. The lowest BCUT2D eigenvalue weighted by Crippen LogP contribution is -2.44. The molecule has 0 aliphatic carbocycles. The minimum atomic E-state index is -1.00.